The number of aromatic nitrogens is 2. The zero-order valence-corrected chi connectivity index (χ0v) is 15.4. The van der Waals surface area contributed by atoms with Gasteiger partial charge in [0.1, 0.15) is 5.78 Å². The Kier molecular flexibility index (Phi) is 3.24. The molecule has 4 aliphatic carbocycles. The predicted molar refractivity (Wildman–Crippen MR) is 98.6 cm³/mol. The van der Waals surface area contributed by atoms with E-state index in [0.29, 0.717) is 23.0 Å². The molecule has 0 bridgehead atoms. The Bertz CT molecular complexity index is 774. The number of carbonyl (C=O) groups excluding carboxylic acids is 1. The van der Waals surface area contributed by atoms with Gasteiger partial charge in [0.05, 0.1) is 6.33 Å². The van der Waals surface area contributed by atoms with Crippen LogP contribution in [0.4, 0.5) is 0 Å². The fourth-order valence-electron chi connectivity index (χ4n) is 6.79. The number of fused-ring (bicyclic) bond motifs is 5. The molecular weight excluding hydrogens is 308 g/mol. The quantitative estimate of drug-likeness (QED) is 0.733. The van der Waals surface area contributed by atoms with Gasteiger partial charge in [0, 0.05) is 36.3 Å². The van der Waals surface area contributed by atoms with E-state index in [2.05, 4.69) is 41.7 Å². The van der Waals surface area contributed by atoms with Gasteiger partial charge in [-0.3, -0.25) is 4.79 Å². The number of nitrogens with zero attached hydrogens (tertiary/aromatic N) is 2. The zero-order valence-electron chi connectivity index (χ0n) is 15.4. The molecule has 0 radical (unpaired) electrons. The minimum atomic E-state index is 0.162. The van der Waals surface area contributed by atoms with Crippen molar-refractivity contribution in [2.24, 2.45) is 28.6 Å². The Morgan fingerprint density at radius 2 is 2.04 bits per heavy atom. The maximum atomic E-state index is 12.0. The van der Waals surface area contributed by atoms with Crippen LogP contribution in [0.15, 0.2) is 36.4 Å². The summed E-state index contributed by atoms with van der Waals surface area (Å²) in [6, 6.07) is 0. The standard InChI is InChI=1S/C22H28N2O/c1-21-9-7-16(25)13-15(21)3-4-17-18-5-6-20(24-12-11-23-14-24)22(18,2)10-8-19(17)21/h5-6,11-12,14-15,17,19H,3-4,7-10,13H2,1-2H3/t15-,17-,19?,21-,22-/m0/s1. The van der Waals surface area contributed by atoms with Gasteiger partial charge in [0.25, 0.3) is 0 Å². The fraction of sp³-hybridized carbons (Fsp3) is 0.636. The van der Waals surface area contributed by atoms with E-state index in [1.807, 2.05) is 12.5 Å². The first-order chi connectivity index (χ1) is 12.0. The van der Waals surface area contributed by atoms with E-state index in [1.54, 1.807) is 5.57 Å². The van der Waals surface area contributed by atoms with Crippen LogP contribution in [-0.4, -0.2) is 15.3 Å². The Morgan fingerprint density at radius 1 is 1.16 bits per heavy atom. The first kappa shape index (κ1) is 15.6. The molecule has 0 aromatic carbocycles. The van der Waals surface area contributed by atoms with Crippen molar-refractivity contribution in [1.29, 1.82) is 0 Å². The van der Waals surface area contributed by atoms with Gasteiger partial charge >= 0.3 is 0 Å². The maximum Gasteiger partial charge on any atom is 0.133 e. The van der Waals surface area contributed by atoms with Crippen molar-refractivity contribution in [3.63, 3.8) is 0 Å². The number of hydrogen-bond donors (Lipinski definition) is 0. The second-order valence-electron chi connectivity index (χ2n) is 9.25. The van der Waals surface area contributed by atoms with Gasteiger partial charge in [0.15, 0.2) is 0 Å². The van der Waals surface area contributed by atoms with E-state index < -0.39 is 0 Å². The number of ketones is 1. The molecule has 0 N–H and O–H groups in total. The molecule has 0 aliphatic heterocycles. The Morgan fingerprint density at radius 3 is 2.84 bits per heavy atom. The van der Waals surface area contributed by atoms with Crippen molar-refractivity contribution in [3.05, 3.63) is 36.4 Å². The summed E-state index contributed by atoms with van der Waals surface area (Å²) in [5, 5.41) is 0. The summed E-state index contributed by atoms with van der Waals surface area (Å²) in [5.74, 6) is 2.59. The Hall–Kier alpha value is -1.64. The Labute approximate surface area is 150 Å². The minimum absolute atomic E-state index is 0.162. The normalized spacial score (nSPS) is 43.0. The van der Waals surface area contributed by atoms with E-state index in [-0.39, 0.29) is 5.41 Å². The summed E-state index contributed by atoms with van der Waals surface area (Å²) in [5.41, 5.74) is 3.58. The van der Waals surface area contributed by atoms with E-state index in [0.717, 1.165) is 25.2 Å². The summed E-state index contributed by atoms with van der Waals surface area (Å²) in [6.45, 7) is 4.94. The van der Waals surface area contributed by atoms with E-state index >= 15 is 0 Å². The van der Waals surface area contributed by atoms with Gasteiger partial charge in [-0.1, -0.05) is 25.5 Å². The maximum absolute atomic E-state index is 12.0. The monoisotopic (exact) mass is 336 g/mol. The second-order valence-corrected chi connectivity index (χ2v) is 9.25. The van der Waals surface area contributed by atoms with Gasteiger partial charge in [0.2, 0.25) is 0 Å². The number of carbonyl (C=O) groups is 1. The molecule has 1 unspecified atom stereocenters. The third-order valence-electron chi connectivity index (χ3n) is 8.27. The van der Waals surface area contributed by atoms with Crippen LogP contribution in [0.1, 0.15) is 58.8 Å². The van der Waals surface area contributed by atoms with Crippen molar-refractivity contribution < 1.29 is 4.79 Å². The fourth-order valence-corrected chi connectivity index (χ4v) is 6.79. The lowest BCUT2D eigenvalue weighted by atomic mass is 9.46. The first-order valence-corrected chi connectivity index (χ1v) is 9.95. The highest BCUT2D eigenvalue weighted by atomic mass is 16.1. The van der Waals surface area contributed by atoms with Gasteiger partial charge in [-0.2, -0.15) is 0 Å². The van der Waals surface area contributed by atoms with Crippen LogP contribution < -0.4 is 0 Å². The topological polar surface area (TPSA) is 34.9 Å². The first-order valence-electron chi connectivity index (χ1n) is 9.95. The molecule has 1 heterocycles. The molecule has 3 heteroatoms. The molecule has 3 saturated carbocycles. The van der Waals surface area contributed by atoms with Crippen molar-refractivity contribution in [1.82, 2.24) is 9.55 Å². The van der Waals surface area contributed by atoms with Gasteiger partial charge in [-0.15, -0.1) is 0 Å². The number of rotatable bonds is 1. The van der Waals surface area contributed by atoms with Gasteiger partial charge in [-0.25, -0.2) is 4.98 Å². The van der Waals surface area contributed by atoms with Crippen molar-refractivity contribution >= 4 is 11.5 Å². The lowest BCUT2D eigenvalue weighted by molar-refractivity contribution is -0.130. The molecule has 1 aromatic heterocycles. The van der Waals surface area contributed by atoms with E-state index in [9.17, 15) is 4.79 Å². The summed E-state index contributed by atoms with van der Waals surface area (Å²) in [4.78, 5) is 16.3. The molecule has 25 heavy (non-hydrogen) atoms. The lowest BCUT2D eigenvalue weighted by Gasteiger charge is -2.58. The van der Waals surface area contributed by atoms with Crippen LogP contribution in [0.5, 0.6) is 0 Å². The van der Waals surface area contributed by atoms with Crippen LogP contribution in [0.3, 0.4) is 0 Å². The predicted octanol–water partition coefficient (Wildman–Crippen LogP) is 4.87. The summed E-state index contributed by atoms with van der Waals surface area (Å²) >= 11 is 0. The van der Waals surface area contributed by atoms with Gasteiger partial charge in [-0.05, 0) is 61.3 Å². The molecule has 1 aromatic rings. The van der Waals surface area contributed by atoms with E-state index in [4.69, 9.17) is 0 Å². The molecule has 0 amide bonds. The molecule has 4 aliphatic rings. The van der Waals surface area contributed by atoms with E-state index in [1.165, 1.54) is 31.4 Å². The lowest BCUT2D eigenvalue weighted by Crippen LogP contribution is -2.51. The SMILES string of the molecule is C[C@]12CCC3[C@@H](CC[C@H]4CC(=O)CC[C@]34C)C1=CC=C2n1ccnc1. The summed E-state index contributed by atoms with van der Waals surface area (Å²) < 4.78 is 2.20. The highest BCUT2D eigenvalue weighted by Gasteiger charge is 2.56. The average Bonchev–Trinajstić information content (AvgIpc) is 3.22. The molecule has 5 atom stereocenters. The molecular formula is C22H28N2O. The van der Waals surface area contributed by atoms with Crippen LogP contribution in [0.2, 0.25) is 0 Å². The zero-order chi connectivity index (χ0) is 17.2. The summed E-state index contributed by atoms with van der Waals surface area (Å²) in [7, 11) is 0. The molecule has 3 nitrogen and oxygen atoms in total. The van der Waals surface area contributed by atoms with Crippen molar-refractivity contribution in [3.8, 4) is 0 Å². The third kappa shape index (κ3) is 2.04. The number of allylic oxidation sites excluding steroid dienone is 4. The molecule has 132 valence electrons. The Balaban J connectivity index is 1.47. The highest BCUT2D eigenvalue weighted by Crippen LogP contribution is 2.65. The number of Topliss-reactive ketones (excluding diaryl/α,β-unsaturated/α-hetero) is 1. The second kappa shape index (κ2) is 5.18. The van der Waals surface area contributed by atoms with Crippen LogP contribution >= 0.6 is 0 Å². The molecule has 0 saturated heterocycles. The van der Waals surface area contributed by atoms with Crippen LogP contribution in [-0.2, 0) is 4.79 Å². The van der Waals surface area contributed by atoms with Crippen molar-refractivity contribution in [2.75, 3.05) is 0 Å². The molecule has 0 spiro atoms. The average molecular weight is 336 g/mol. The van der Waals surface area contributed by atoms with Gasteiger partial charge < -0.3 is 4.57 Å². The van der Waals surface area contributed by atoms with Crippen molar-refractivity contribution in [2.45, 2.75) is 58.8 Å². The third-order valence-corrected chi connectivity index (χ3v) is 8.27. The highest BCUT2D eigenvalue weighted by molar-refractivity contribution is 5.79. The molecule has 3 fully saturated rings. The summed E-state index contributed by atoms with van der Waals surface area (Å²) in [6.07, 6.45) is 18.4. The van der Waals surface area contributed by atoms with Crippen LogP contribution in [0.25, 0.3) is 5.70 Å². The minimum Gasteiger partial charge on any atom is -0.309 e. The molecule has 5 rings (SSSR count). The number of hydrogen-bond acceptors (Lipinski definition) is 2. The smallest absolute Gasteiger partial charge is 0.133 e. The largest absolute Gasteiger partial charge is 0.309 e. The van der Waals surface area contributed by atoms with Crippen LogP contribution in [0, 0.1) is 28.6 Å². The number of imidazole rings is 1.